The minimum Gasteiger partial charge on any atom is -0.369 e. The molecule has 1 N–H and O–H groups in total. The van der Waals surface area contributed by atoms with Crippen LogP contribution in [0.1, 0.15) is 32.3 Å². The highest BCUT2D eigenvalue weighted by Crippen LogP contribution is 2.21. The second kappa shape index (κ2) is 6.80. The van der Waals surface area contributed by atoms with E-state index < -0.39 is 0 Å². The molecule has 21 heavy (non-hydrogen) atoms. The third kappa shape index (κ3) is 3.78. The van der Waals surface area contributed by atoms with Gasteiger partial charge in [0.2, 0.25) is 0 Å². The third-order valence-electron chi connectivity index (χ3n) is 4.96. The normalized spacial score (nSPS) is 24.0. The average Bonchev–Trinajstić information content (AvgIpc) is 3.00. The lowest BCUT2D eigenvalue weighted by Gasteiger charge is -2.38. The summed E-state index contributed by atoms with van der Waals surface area (Å²) in [6, 6.07) is 10.6. The van der Waals surface area contributed by atoms with Crippen LogP contribution in [-0.4, -0.2) is 49.7 Å². The van der Waals surface area contributed by atoms with E-state index in [9.17, 15) is 0 Å². The highest BCUT2D eigenvalue weighted by molar-refractivity contribution is 5.49. The van der Waals surface area contributed by atoms with Gasteiger partial charge < -0.3 is 10.2 Å². The molecular weight excluding hydrogens is 258 g/mol. The fourth-order valence-electron chi connectivity index (χ4n) is 3.59. The zero-order chi connectivity index (χ0) is 14.7. The number of piperazine rings is 1. The van der Waals surface area contributed by atoms with Gasteiger partial charge in [0.05, 0.1) is 0 Å². The van der Waals surface area contributed by atoms with Gasteiger partial charge in [0, 0.05) is 44.0 Å². The quantitative estimate of drug-likeness (QED) is 0.918. The molecule has 3 heteroatoms. The monoisotopic (exact) mass is 287 g/mol. The molecule has 0 amide bonds. The molecule has 3 rings (SSSR count). The lowest BCUT2D eigenvalue weighted by molar-refractivity contribution is 0.209. The van der Waals surface area contributed by atoms with Gasteiger partial charge in [-0.3, -0.25) is 4.90 Å². The van der Waals surface area contributed by atoms with Gasteiger partial charge in [-0.2, -0.15) is 0 Å². The largest absolute Gasteiger partial charge is 0.369 e. The van der Waals surface area contributed by atoms with E-state index in [0.717, 1.165) is 13.1 Å². The maximum absolute atomic E-state index is 3.60. The minimum atomic E-state index is 0.673. The molecule has 2 aliphatic rings. The van der Waals surface area contributed by atoms with Gasteiger partial charge in [-0.1, -0.05) is 12.1 Å². The first-order valence-corrected chi connectivity index (χ1v) is 8.54. The van der Waals surface area contributed by atoms with Crippen molar-refractivity contribution in [2.75, 3.05) is 37.6 Å². The molecule has 1 unspecified atom stereocenters. The SMILES string of the molecule is CC(C)N1CCN(c2cccc(CC3CCCN3)c2)CC1. The molecule has 1 aromatic rings. The highest BCUT2D eigenvalue weighted by atomic mass is 15.3. The number of benzene rings is 1. The van der Waals surface area contributed by atoms with Crippen LogP contribution >= 0.6 is 0 Å². The fourth-order valence-corrected chi connectivity index (χ4v) is 3.59. The van der Waals surface area contributed by atoms with E-state index in [1.165, 1.54) is 50.1 Å². The highest BCUT2D eigenvalue weighted by Gasteiger charge is 2.19. The Balaban J connectivity index is 1.60. The van der Waals surface area contributed by atoms with E-state index in [4.69, 9.17) is 0 Å². The maximum Gasteiger partial charge on any atom is 0.0369 e. The lowest BCUT2D eigenvalue weighted by atomic mass is 10.0. The van der Waals surface area contributed by atoms with E-state index in [0.29, 0.717) is 12.1 Å². The van der Waals surface area contributed by atoms with E-state index in [1.807, 2.05) is 0 Å². The first-order valence-electron chi connectivity index (χ1n) is 8.54. The summed E-state index contributed by atoms with van der Waals surface area (Å²) in [4.78, 5) is 5.12. The van der Waals surface area contributed by atoms with Gasteiger partial charge >= 0.3 is 0 Å². The smallest absolute Gasteiger partial charge is 0.0369 e. The van der Waals surface area contributed by atoms with Crippen molar-refractivity contribution >= 4 is 5.69 Å². The second-order valence-corrected chi connectivity index (χ2v) is 6.78. The van der Waals surface area contributed by atoms with Crippen LogP contribution in [-0.2, 0) is 6.42 Å². The summed E-state index contributed by atoms with van der Waals surface area (Å²) in [6.07, 6.45) is 3.85. The van der Waals surface area contributed by atoms with Crippen LogP contribution in [0.4, 0.5) is 5.69 Å². The van der Waals surface area contributed by atoms with Crippen LogP contribution in [0.2, 0.25) is 0 Å². The van der Waals surface area contributed by atoms with Crippen LogP contribution in [0.3, 0.4) is 0 Å². The Morgan fingerprint density at radius 1 is 1.19 bits per heavy atom. The van der Waals surface area contributed by atoms with Crippen LogP contribution in [0.5, 0.6) is 0 Å². The van der Waals surface area contributed by atoms with Crippen molar-refractivity contribution in [1.29, 1.82) is 0 Å². The Morgan fingerprint density at radius 2 is 2.00 bits per heavy atom. The summed E-state index contributed by atoms with van der Waals surface area (Å²) >= 11 is 0. The second-order valence-electron chi connectivity index (χ2n) is 6.78. The summed E-state index contributed by atoms with van der Waals surface area (Å²) in [6.45, 7) is 10.5. The zero-order valence-electron chi connectivity index (χ0n) is 13.5. The van der Waals surface area contributed by atoms with Gasteiger partial charge in [0.25, 0.3) is 0 Å². The van der Waals surface area contributed by atoms with E-state index in [-0.39, 0.29) is 0 Å². The Morgan fingerprint density at radius 3 is 2.67 bits per heavy atom. The molecule has 2 fully saturated rings. The minimum absolute atomic E-state index is 0.673. The van der Waals surface area contributed by atoms with Gasteiger partial charge in [-0.05, 0) is 57.4 Å². The molecule has 3 nitrogen and oxygen atoms in total. The van der Waals surface area contributed by atoms with Crippen molar-refractivity contribution in [3.8, 4) is 0 Å². The molecule has 2 saturated heterocycles. The molecule has 1 atom stereocenters. The van der Waals surface area contributed by atoms with Crippen LogP contribution in [0.25, 0.3) is 0 Å². The Hall–Kier alpha value is -1.06. The number of nitrogens with zero attached hydrogens (tertiary/aromatic N) is 2. The summed E-state index contributed by atoms with van der Waals surface area (Å²) in [5.41, 5.74) is 2.90. The standard InChI is InChI=1S/C18H29N3/c1-15(2)20-9-11-21(12-10-20)18-7-3-5-16(14-18)13-17-6-4-8-19-17/h3,5,7,14-15,17,19H,4,6,8-13H2,1-2H3. The Labute approximate surface area is 129 Å². The Bertz CT molecular complexity index is 444. The van der Waals surface area contributed by atoms with Crippen molar-refractivity contribution in [2.24, 2.45) is 0 Å². The summed E-state index contributed by atoms with van der Waals surface area (Å²) in [7, 11) is 0. The molecule has 116 valence electrons. The topological polar surface area (TPSA) is 18.5 Å². The molecule has 0 aliphatic carbocycles. The van der Waals surface area contributed by atoms with E-state index in [2.05, 4.69) is 53.2 Å². The molecule has 0 aromatic heterocycles. The van der Waals surface area contributed by atoms with Gasteiger partial charge in [-0.15, -0.1) is 0 Å². The molecule has 0 radical (unpaired) electrons. The van der Waals surface area contributed by atoms with Gasteiger partial charge in [-0.25, -0.2) is 0 Å². The fraction of sp³-hybridized carbons (Fsp3) is 0.667. The van der Waals surface area contributed by atoms with Crippen molar-refractivity contribution in [3.05, 3.63) is 29.8 Å². The third-order valence-corrected chi connectivity index (χ3v) is 4.96. The predicted molar refractivity (Wildman–Crippen MR) is 90.1 cm³/mol. The first-order chi connectivity index (χ1) is 10.2. The number of rotatable bonds is 4. The summed E-state index contributed by atoms with van der Waals surface area (Å²) in [5, 5.41) is 3.60. The van der Waals surface area contributed by atoms with E-state index in [1.54, 1.807) is 0 Å². The summed E-state index contributed by atoms with van der Waals surface area (Å²) in [5.74, 6) is 0. The molecule has 0 bridgehead atoms. The first kappa shape index (κ1) is 14.9. The number of nitrogens with one attached hydrogen (secondary N) is 1. The van der Waals surface area contributed by atoms with Gasteiger partial charge in [0.1, 0.15) is 0 Å². The van der Waals surface area contributed by atoms with Crippen molar-refractivity contribution in [2.45, 2.75) is 45.2 Å². The van der Waals surface area contributed by atoms with Crippen molar-refractivity contribution in [3.63, 3.8) is 0 Å². The van der Waals surface area contributed by atoms with Crippen molar-refractivity contribution < 1.29 is 0 Å². The van der Waals surface area contributed by atoms with Gasteiger partial charge in [0.15, 0.2) is 0 Å². The maximum atomic E-state index is 3.60. The Kier molecular flexibility index (Phi) is 4.81. The average molecular weight is 287 g/mol. The van der Waals surface area contributed by atoms with Crippen molar-refractivity contribution in [1.82, 2.24) is 10.2 Å². The molecule has 0 saturated carbocycles. The predicted octanol–water partition coefficient (Wildman–Crippen LogP) is 2.51. The van der Waals surface area contributed by atoms with Crippen LogP contribution < -0.4 is 10.2 Å². The molecular formula is C18H29N3. The number of hydrogen-bond acceptors (Lipinski definition) is 3. The van der Waals surface area contributed by atoms with E-state index >= 15 is 0 Å². The molecule has 2 heterocycles. The number of hydrogen-bond donors (Lipinski definition) is 1. The number of anilines is 1. The molecule has 1 aromatic carbocycles. The lowest BCUT2D eigenvalue weighted by Crippen LogP contribution is -2.48. The van der Waals surface area contributed by atoms with Crippen LogP contribution in [0.15, 0.2) is 24.3 Å². The zero-order valence-corrected chi connectivity index (χ0v) is 13.5. The van der Waals surface area contributed by atoms with Crippen LogP contribution in [0, 0.1) is 0 Å². The summed E-state index contributed by atoms with van der Waals surface area (Å²) < 4.78 is 0. The molecule has 0 spiro atoms. The molecule has 2 aliphatic heterocycles.